The fraction of sp³-hybridized carbons (Fsp3) is 0.185. The van der Waals surface area contributed by atoms with E-state index in [1.54, 1.807) is 69.5 Å². The first-order valence-electron chi connectivity index (χ1n) is 10.8. The summed E-state index contributed by atoms with van der Waals surface area (Å²) < 4.78 is 30.7. The van der Waals surface area contributed by atoms with Crippen molar-refractivity contribution in [3.05, 3.63) is 88.9 Å². The van der Waals surface area contributed by atoms with Crippen molar-refractivity contribution < 1.29 is 27.9 Å². The number of fused-ring (bicyclic) bond motifs is 3. The lowest BCUT2D eigenvalue weighted by molar-refractivity contribution is 0.0507. The highest BCUT2D eigenvalue weighted by atomic mass is 19.1. The molecule has 0 saturated carbocycles. The lowest BCUT2D eigenvalue weighted by Gasteiger charge is -2.35. The summed E-state index contributed by atoms with van der Waals surface area (Å²) >= 11 is 0. The number of methoxy groups -OCH3 is 1. The van der Waals surface area contributed by atoms with Gasteiger partial charge in [-0.15, -0.1) is 0 Å². The van der Waals surface area contributed by atoms with Crippen molar-refractivity contribution in [3.63, 3.8) is 0 Å². The molecule has 0 aliphatic carbocycles. The molecule has 6 nitrogen and oxygen atoms in total. The summed E-state index contributed by atoms with van der Waals surface area (Å²) in [4.78, 5) is 26.3. The maximum Gasteiger partial charge on any atom is 0.291 e. The summed E-state index contributed by atoms with van der Waals surface area (Å²) in [5.74, 6) is 0.203. The lowest BCUT2D eigenvalue weighted by atomic mass is 9.84. The maximum absolute atomic E-state index is 13.4. The number of nitrogens with one attached hydrogen (secondary N) is 1. The number of rotatable bonds is 4. The molecule has 0 radical (unpaired) electrons. The second-order valence-electron chi connectivity index (χ2n) is 8.49. The van der Waals surface area contributed by atoms with Crippen LogP contribution in [-0.4, -0.2) is 18.8 Å². The SMILES string of the molecule is COc1cccc(NC(=O)c2oc3ccc4c(c3c2C)C(=O)CC(C)(c2ccc(F)cc2)O4)c1. The first kappa shape index (κ1) is 21.7. The van der Waals surface area contributed by atoms with Crippen LogP contribution >= 0.6 is 0 Å². The number of anilines is 1. The zero-order valence-corrected chi connectivity index (χ0v) is 18.9. The van der Waals surface area contributed by atoms with E-state index in [0.717, 1.165) is 0 Å². The van der Waals surface area contributed by atoms with Crippen LogP contribution in [0.5, 0.6) is 11.5 Å². The molecular formula is C27H22FNO5. The van der Waals surface area contributed by atoms with Gasteiger partial charge in [0, 0.05) is 22.7 Å². The number of furan rings is 1. The predicted molar refractivity (Wildman–Crippen MR) is 125 cm³/mol. The zero-order chi connectivity index (χ0) is 24.0. The fourth-order valence-electron chi connectivity index (χ4n) is 4.43. The van der Waals surface area contributed by atoms with Crippen LogP contribution in [-0.2, 0) is 5.60 Å². The van der Waals surface area contributed by atoms with E-state index in [4.69, 9.17) is 13.9 Å². The van der Waals surface area contributed by atoms with Gasteiger partial charge in [0.15, 0.2) is 11.5 Å². The molecule has 0 bridgehead atoms. The Morgan fingerprint density at radius 2 is 1.88 bits per heavy atom. The topological polar surface area (TPSA) is 77.8 Å². The molecule has 5 rings (SSSR count). The van der Waals surface area contributed by atoms with Crippen LogP contribution < -0.4 is 14.8 Å². The van der Waals surface area contributed by atoms with Crippen LogP contribution in [0.4, 0.5) is 10.1 Å². The van der Waals surface area contributed by atoms with Crippen LogP contribution in [0.15, 0.2) is 65.1 Å². The number of hydrogen-bond donors (Lipinski definition) is 1. The Hall–Kier alpha value is -4.13. The van der Waals surface area contributed by atoms with Crippen LogP contribution in [0, 0.1) is 12.7 Å². The third-order valence-electron chi connectivity index (χ3n) is 6.16. The van der Waals surface area contributed by atoms with Crippen molar-refractivity contribution in [1.29, 1.82) is 0 Å². The number of carbonyl (C=O) groups is 2. The number of ketones is 1. The van der Waals surface area contributed by atoms with Crippen LogP contribution in [0.1, 0.15) is 45.4 Å². The van der Waals surface area contributed by atoms with Gasteiger partial charge in [0.2, 0.25) is 0 Å². The Kier molecular flexibility index (Phi) is 5.12. The normalized spacial score (nSPS) is 17.2. The molecule has 1 atom stereocenters. The van der Waals surface area contributed by atoms with E-state index >= 15 is 0 Å². The monoisotopic (exact) mass is 459 g/mol. The van der Waals surface area contributed by atoms with Crippen molar-refractivity contribution in [3.8, 4) is 11.5 Å². The number of aryl methyl sites for hydroxylation is 1. The molecule has 172 valence electrons. The third-order valence-corrected chi connectivity index (χ3v) is 6.16. The minimum atomic E-state index is -0.935. The Bertz CT molecular complexity index is 1440. The number of halogens is 1. The number of Topliss-reactive ketones (excluding diaryl/α,β-unsaturated/α-hetero) is 1. The van der Waals surface area contributed by atoms with Crippen molar-refractivity contribution in [1.82, 2.24) is 0 Å². The molecule has 0 spiro atoms. The third kappa shape index (κ3) is 3.59. The second-order valence-corrected chi connectivity index (χ2v) is 8.49. The van der Waals surface area contributed by atoms with Gasteiger partial charge in [-0.05, 0) is 55.8 Å². The fourth-order valence-corrected chi connectivity index (χ4v) is 4.43. The lowest BCUT2D eigenvalue weighted by Crippen LogP contribution is -2.36. The minimum absolute atomic E-state index is 0.0701. The Balaban J connectivity index is 1.52. The molecule has 1 aromatic heterocycles. The molecule has 1 N–H and O–H groups in total. The summed E-state index contributed by atoms with van der Waals surface area (Å²) in [5.41, 5.74) is 1.69. The van der Waals surface area contributed by atoms with Crippen molar-refractivity contribution in [2.24, 2.45) is 0 Å². The van der Waals surface area contributed by atoms with Gasteiger partial charge < -0.3 is 19.2 Å². The quantitative estimate of drug-likeness (QED) is 0.404. The summed E-state index contributed by atoms with van der Waals surface area (Å²) in [5, 5.41) is 3.36. The van der Waals surface area contributed by atoms with E-state index in [0.29, 0.717) is 44.8 Å². The van der Waals surface area contributed by atoms with Gasteiger partial charge in [-0.2, -0.15) is 0 Å². The second kappa shape index (κ2) is 8.02. The molecule has 3 aromatic carbocycles. The highest BCUT2D eigenvalue weighted by molar-refractivity contribution is 6.14. The number of benzene rings is 3. The summed E-state index contributed by atoms with van der Waals surface area (Å²) in [7, 11) is 1.55. The maximum atomic E-state index is 13.4. The predicted octanol–water partition coefficient (Wildman–Crippen LogP) is 6.02. The average molecular weight is 459 g/mol. The summed E-state index contributed by atoms with van der Waals surface area (Å²) in [6.07, 6.45) is 0.0701. The highest BCUT2D eigenvalue weighted by Gasteiger charge is 2.40. The molecule has 0 saturated heterocycles. The van der Waals surface area contributed by atoms with Crippen molar-refractivity contribution >= 4 is 28.3 Å². The Morgan fingerprint density at radius 3 is 2.62 bits per heavy atom. The van der Waals surface area contributed by atoms with E-state index in [9.17, 15) is 14.0 Å². The minimum Gasteiger partial charge on any atom is -0.497 e. The van der Waals surface area contributed by atoms with E-state index in [1.165, 1.54) is 12.1 Å². The Morgan fingerprint density at radius 1 is 1.12 bits per heavy atom. The van der Waals surface area contributed by atoms with E-state index < -0.39 is 11.5 Å². The molecule has 4 aromatic rings. The van der Waals surface area contributed by atoms with Crippen LogP contribution in [0.3, 0.4) is 0 Å². The highest BCUT2D eigenvalue weighted by Crippen LogP contribution is 2.44. The molecular weight excluding hydrogens is 437 g/mol. The molecule has 0 fully saturated rings. The van der Waals surface area contributed by atoms with Crippen LogP contribution in [0.2, 0.25) is 0 Å². The summed E-state index contributed by atoms with van der Waals surface area (Å²) in [6, 6.07) is 16.3. The molecule has 1 unspecified atom stereocenters. The molecule has 1 amide bonds. The number of carbonyl (C=O) groups excluding carboxylic acids is 2. The number of hydrogen-bond acceptors (Lipinski definition) is 5. The van der Waals surface area contributed by atoms with Gasteiger partial charge in [-0.3, -0.25) is 9.59 Å². The largest absolute Gasteiger partial charge is 0.497 e. The summed E-state index contributed by atoms with van der Waals surface area (Å²) in [6.45, 7) is 3.55. The first-order valence-corrected chi connectivity index (χ1v) is 10.8. The van der Waals surface area contributed by atoms with Gasteiger partial charge in [0.1, 0.15) is 28.5 Å². The molecule has 1 aliphatic heterocycles. The molecule has 34 heavy (non-hydrogen) atoms. The standard InChI is InChI=1S/C27H22FNO5/c1-15-23-21(33-25(15)26(31)29-18-5-4-6-19(13-18)32-3)11-12-22-24(23)20(30)14-27(2,34-22)16-7-9-17(28)10-8-16/h4-13H,14H2,1-3H3,(H,29,31). The smallest absolute Gasteiger partial charge is 0.291 e. The average Bonchev–Trinajstić information content (AvgIpc) is 3.16. The van der Waals surface area contributed by atoms with E-state index in [2.05, 4.69) is 5.32 Å². The van der Waals surface area contributed by atoms with Crippen molar-refractivity contribution in [2.45, 2.75) is 25.9 Å². The molecule has 1 aliphatic rings. The first-order chi connectivity index (χ1) is 16.3. The van der Waals surface area contributed by atoms with Gasteiger partial charge in [-0.25, -0.2) is 4.39 Å². The van der Waals surface area contributed by atoms with E-state index in [-0.39, 0.29) is 23.8 Å². The van der Waals surface area contributed by atoms with Crippen LogP contribution in [0.25, 0.3) is 11.0 Å². The zero-order valence-electron chi connectivity index (χ0n) is 18.9. The number of ether oxygens (including phenoxy) is 2. The van der Waals surface area contributed by atoms with Gasteiger partial charge in [0.05, 0.1) is 19.1 Å². The number of amides is 1. The van der Waals surface area contributed by atoms with Gasteiger partial charge in [0.25, 0.3) is 5.91 Å². The van der Waals surface area contributed by atoms with Crippen molar-refractivity contribution in [2.75, 3.05) is 12.4 Å². The molecule has 2 heterocycles. The molecule has 7 heteroatoms. The van der Waals surface area contributed by atoms with Gasteiger partial charge in [-0.1, -0.05) is 18.2 Å². The van der Waals surface area contributed by atoms with Gasteiger partial charge >= 0.3 is 0 Å². The Labute approximate surface area is 195 Å². The van der Waals surface area contributed by atoms with E-state index in [1.807, 2.05) is 0 Å².